The molecule has 0 spiro atoms. The lowest BCUT2D eigenvalue weighted by molar-refractivity contribution is 0.0959. The van der Waals surface area contributed by atoms with Crippen molar-refractivity contribution in [2.45, 2.75) is 19.9 Å². The summed E-state index contributed by atoms with van der Waals surface area (Å²) in [5.41, 5.74) is 1.74. The fourth-order valence-electron chi connectivity index (χ4n) is 2.10. The summed E-state index contributed by atoms with van der Waals surface area (Å²) >= 11 is 0. The Morgan fingerprint density at radius 2 is 1.68 bits per heavy atom. The van der Waals surface area contributed by atoms with Crippen molar-refractivity contribution in [2.75, 3.05) is 11.9 Å². The van der Waals surface area contributed by atoms with Gasteiger partial charge in [-0.3, -0.25) is 4.79 Å². The Bertz CT molecular complexity index is 789. The molecule has 0 unspecified atom stereocenters. The fourth-order valence-corrected chi connectivity index (χ4v) is 2.10. The van der Waals surface area contributed by atoms with E-state index in [1.807, 2.05) is 44.2 Å². The minimum Gasteiger partial charge on any atom is -0.341 e. The fraction of sp³-hybridized carbons (Fsp3) is 0.200. The van der Waals surface area contributed by atoms with Gasteiger partial charge in [0.2, 0.25) is 0 Å². The molecule has 0 aliphatic carbocycles. The highest BCUT2D eigenvalue weighted by molar-refractivity contribution is 6.03. The van der Waals surface area contributed by atoms with E-state index in [2.05, 4.69) is 27.8 Å². The van der Waals surface area contributed by atoms with E-state index in [0.29, 0.717) is 11.3 Å². The number of benzene rings is 2. The van der Waals surface area contributed by atoms with E-state index < -0.39 is 0 Å². The Balaban J connectivity index is 1.97. The second-order valence-corrected chi connectivity index (χ2v) is 5.65. The maximum atomic E-state index is 12.3. The highest BCUT2D eigenvalue weighted by Crippen LogP contribution is 2.14. The summed E-state index contributed by atoms with van der Waals surface area (Å²) in [5, 5.41) is 8.16. The van der Waals surface area contributed by atoms with Crippen molar-refractivity contribution < 1.29 is 9.59 Å². The van der Waals surface area contributed by atoms with Gasteiger partial charge in [0.25, 0.3) is 5.91 Å². The average molecular weight is 335 g/mol. The number of anilines is 1. The lowest BCUT2D eigenvalue weighted by atomic mass is 10.1. The Kier molecular flexibility index (Phi) is 6.61. The van der Waals surface area contributed by atoms with Crippen LogP contribution in [0.4, 0.5) is 10.5 Å². The number of carbonyl (C=O) groups excluding carboxylic acids is 2. The predicted molar refractivity (Wildman–Crippen MR) is 99.4 cm³/mol. The van der Waals surface area contributed by atoms with Gasteiger partial charge in [0, 0.05) is 11.6 Å². The van der Waals surface area contributed by atoms with Crippen molar-refractivity contribution in [3.8, 4) is 11.8 Å². The topological polar surface area (TPSA) is 70.2 Å². The van der Waals surface area contributed by atoms with Gasteiger partial charge in [0.05, 0.1) is 17.8 Å². The van der Waals surface area contributed by atoms with Gasteiger partial charge in [-0.1, -0.05) is 42.2 Å². The average Bonchev–Trinajstić information content (AvgIpc) is 2.59. The summed E-state index contributed by atoms with van der Waals surface area (Å²) in [5.74, 6) is 5.59. The standard InChI is InChI=1S/C20H21N3O2/c1-15(2)22-20(25)23-18-13-7-6-12-17(18)19(24)21-14-8-11-16-9-4-3-5-10-16/h3-7,9-10,12-13,15H,14H2,1-2H3,(H,21,24)(H2,22,23,25). The number of rotatable bonds is 4. The van der Waals surface area contributed by atoms with Crippen molar-refractivity contribution in [3.63, 3.8) is 0 Å². The molecule has 0 aliphatic heterocycles. The van der Waals surface area contributed by atoms with E-state index >= 15 is 0 Å². The van der Waals surface area contributed by atoms with Crippen molar-refractivity contribution >= 4 is 17.6 Å². The molecule has 0 aliphatic rings. The summed E-state index contributed by atoms with van der Waals surface area (Å²) in [7, 11) is 0. The van der Waals surface area contributed by atoms with Gasteiger partial charge in [0.15, 0.2) is 0 Å². The van der Waals surface area contributed by atoms with Crippen LogP contribution in [0.3, 0.4) is 0 Å². The third-order valence-corrected chi connectivity index (χ3v) is 3.18. The minimum absolute atomic E-state index is 0.00856. The van der Waals surface area contributed by atoms with Crippen LogP contribution in [0.15, 0.2) is 54.6 Å². The molecule has 5 heteroatoms. The summed E-state index contributed by atoms with van der Waals surface area (Å²) in [6, 6.07) is 16.1. The van der Waals surface area contributed by atoms with E-state index in [1.54, 1.807) is 24.3 Å². The number of hydrogen-bond acceptors (Lipinski definition) is 2. The molecule has 2 rings (SSSR count). The first-order chi connectivity index (χ1) is 12.1. The van der Waals surface area contributed by atoms with Gasteiger partial charge in [-0.2, -0.15) is 0 Å². The van der Waals surface area contributed by atoms with Gasteiger partial charge < -0.3 is 16.0 Å². The first kappa shape index (κ1) is 18.1. The number of amides is 3. The molecule has 3 N–H and O–H groups in total. The molecular weight excluding hydrogens is 314 g/mol. The van der Waals surface area contributed by atoms with E-state index in [-0.39, 0.29) is 24.5 Å². The largest absolute Gasteiger partial charge is 0.341 e. The zero-order valence-electron chi connectivity index (χ0n) is 14.3. The Labute approximate surface area is 147 Å². The highest BCUT2D eigenvalue weighted by Gasteiger charge is 2.12. The molecule has 0 atom stereocenters. The predicted octanol–water partition coefficient (Wildman–Crippen LogP) is 3.00. The van der Waals surface area contributed by atoms with Crippen molar-refractivity contribution in [3.05, 3.63) is 65.7 Å². The first-order valence-electron chi connectivity index (χ1n) is 8.05. The highest BCUT2D eigenvalue weighted by atomic mass is 16.2. The second kappa shape index (κ2) is 9.14. The maximum absolute atomic E-state index is 12.3. The van der Waals surface area contributed by atoms with Crippen LogP contribution >= 0.6 is 0 Å². The molecule has 3 amide bonds. The van der Waals surface area contributed by atoms with Gasteiger partial charge in [0.1, 0.15) is 0 Å². The van der Waals surface area contributed by atoms with Crippen LogP contribution < -0.4 is 16.0 Å². The van der Waals surface area contributed by atoms with E-state index in [4.69, 9.17) is 0 Å². The molecule has 0 bridgehead atoms. The minimum atomic E-state index is -0.348. The number of hydrogen-bond donors (Lipinski definition) is 3. The second-order valence-electron chi connectivity index (χ2n) is 5.65. The zero-order valence-corrected chi connectivity index (χ0v) is 14.3. The van der Waals surface area contributed by atoms with Gasteiger partial charge in [-0.25, -0.2) is 4.79 Å². The summed E-state index contributed by atoms with van der Waals surface area (Å²) in [6.07, 6.45) is 0. The van der Waals surface area contributed by atoms with Crippen LogP contribution in [-0.4, -0.2) is 24.5 Å². The molecule has 25 heavy (non-hydrogen) atoms. The van der Waals surface area contributed by atoms with Crippen molar-refractivity contribution in [1.82, 2.24) is 10.6 Å². The van der Waals surface area contributed by atoms with E-state index in [0.717, 1.165) is 5.56 Å². The lowest BCUT2D eigenvalue weighted by Crippen LogP contribution is -2.35. The maximum Gasteiger partial charge on any atom is 0.319 e. The molecule has 2 aromatic carbocycles. The van der Waals surface area contributed by atoms with E-state index in [9.17, 15) is 9.59 Å². The number of nitrogens with one attached hydrogen (secondary N) is 3. The SMILES string of the molecule is CC(C)NC(=O)Nc1ccccc1C(=O)NCC#Cc1ccccc1. The molecule has 0 radical (unpaired) electrons. The lowest BCUT2D eigenvalue weighted by Gasteiger charge is -2.13. The molecule has 0 aromatic heterocycles. The van der Waals surface area contributed by atoms with Crippen LogP contribution in [0.1, 0.15) is 29.8 Å². The number of para-hydroxylation sites is 1. The monoisotopic (exact) mass is 335 g/mol. The third-order valence-electron chi connectivity index (χ3n) is 3.18. The van der Waals surface area contributed by atoms with Gasteiger partial charge in [-0.15, -0.1) is 0 Å². The van der Waals surface area contributed by atoms with Crippen LogP contribution in [0.5, 0.6) is 0 Å². The van der Waals surface area contributed by atoms with Crippen LogP contribution in [0.2, 0.25) is 0 Å². The molecule has 0 heterocycles. The first-order valence-corrected chi connectivity index (χ1v) is 8.05. The molecular formula is C20H21N3O2. The van der Waals surface area contributed by atoms with Crippen molar-refractivity contribution in [1.29, 1.82) is 0 Å². The molecule has 0 fully saturated rings. The Morgan fingerprint density at radius 1 is 1.00 bits per heavy atom. The summed E-state index contributed by atoms with van der Waals surface area (Å²) in [4.78, 5) is 24.2. The van der Waals surface area contributed by atoms with Gasteiger partial charge in [-0.05, 0) is 38.1 Å². The molecule has 128 valence electrons. The Hall–Kier alpha value is -3.26. The smallest absolute Gasteiger partial charge is 0.319 e. The third kappa shape index (κ3) is 6.04. The van der Waals surface area contributed by atoms with Crippen LogP contribution in [0, 0.1) is 11.8 Å². The Morgan fingerprint density at radius 3 is 2.40 bits per heavy atom. The normalized spacial score (nSPS) is 9.72. The van der Waals surface area contributed by atoms with Crippen LogP contribution in [0.25, 0.3) is 0 Å². The zero-order chi connectivity index (χ0) is 18.1. The van der Waals surface area contributed by atoms with Crippen molar-refractivity contribution in [2.24, 2.45) is 0 Å². The molecule has 5 nitrogen and oxygen atoms in total. The quantitative estimate of drug-likeness (QED) is 0.752. The molecule has 0 saturated heterocycles. The molecule has 0 saturated carbocycles. The van der Waals surface area contributed by atoms with Gasteiger partial charge >= 0.3 is 6.03 Å². The van der Waals surface area contributed by atoms with Crippen LogP contribution in [-0.2, 0) is 0 Å². The summed E-state index contributed by atoms with van der Waals surface area (Å²) < 4.78 is 0. The number of carbonyl (C=O) groups is 2. The summed E-state index contributed by atoms with van der Waals surface area (Å²) in [6.45, 7) is 3.95. The number of urea groups is 1. The van der Waals surface area contributed by atoms with E-state index in [1.165, 1.54) is 0 Å². The molecule has 2 aromatic rings.